The molecule has 1 aromatic rings. The predicted octanol–water partition coefficient (Wildman–Crippen LogP) is 2.46. The molecule has 4 saturated carbocycles. The number of amides is 2. The first-order chi connectivity index (χ1) is 13.4. The zero-order valence-electron chi connectivity index (χ0n) is 17.2. The molecule has 0 spiro atoms. The Hall–Kier alpha value is -1.67. The summed E-state index contributed by atoms with van der Waals surface area (Å²) in [5.41, 5.74) is 6.61. The highest BCUT2D eigenvalue weighted by molar-refractivity contribution is 5.73. The van der Waals surface area contributed by atoms with Gasteiger partial charge in [0.1, 0.15) is 12.6 Å². The summed E-state index contributed by atoms with van der Waals surface area (Å²) in [7, 11) is 1.73. The summed E-state index contributed by atoms with van der Waals surface area (Å²) in [6.45, 7) is 5.18. The minimum absolute atomic E-state index is 0.156. The number of nitrogens with zero attached hydrogens (tertiary/aromatic N) is 3. The zero-order valence-corrected chi connectivity index (χ0v) is 17.2. The summed E-state index contributed by atoms with van der Waals surface area (Å²) in [5, 5.41) is 7.01. The van der Waals surface area contributed by atoms with E-state index in [9.17, 15) is 4.79 Å². The molecule has 1 atom stereocenters. The predicted molar refractivity (Wildman–Crippen MR) is 103 cm³/mol. The lowest BCUT2D eigenvalue weighted by Gasteiger charge is -2.59. The van der Waals surface area contributed by atoms with Gasteiger partial charge in [-0.25, -0.2) is 4.79 Å². The van der Waals surface area contributed by atoms with Crippen molar-refractivity contribution in [1.29, 1.82) is 0 Å². The van der Waals surface area contributed by atoms with Crippen LogP contribution in [-0.4, -0.2) is 46.8 Å². The van der Waals surface area contributed by atoms with Crippen molar-refractivity contribution in [2.24, 2.45) is 29.4 Å². The van der Waals surface area contributed by atoms with Crippen molar-refractivity contribution in [2.75, 3.05) is 20.2 Å². The number of aromatic nitrogens is 2. The van der Waals surface area contributed by atoms with E-state index in [4.69, 9.17) is 15.0 Å². The molecular weight excluding hydrogens is 358 g/mol. The average molecular weight is 392 g/mol. The van der Waals surface area contributed by atoms with E-state index in [0.717, 1.165) is 11.8 Å². The van der Waals surface area contributed by atoms with Crippen LogP contribution in [-0.2, 0) is 11.3 Å². The van der Waals surface area contributed by atoms with Crippen molar-refractivity contribution in [2.45, 2.75) is 64.1 Å². The van der Waals surface area contributed by atoms with Gasteiger partial charge in [-0.2, -0.15) is 4.98 Å². The quantitative estimate of drug-likeness (QED) is 0.739. The molecular formula is C20H33N5O3. The van der Waals surface area contributed by atoms with Gasteiger partial charge < -0.3 is 25.2 Å². The molecule has 1 aromatic heterocycles. The second-order valence-corrected chi connectivity index (χ2v) is 9.08. The summed E-state index contributed by atoms with van der Waals surface area (Å²) in [6.07, 6.45) is 6.11. The van der Waals surface area contributed by atoms with E-state index in [1.807, 2.05) is 13.8 Å². The van der Waals surface area contributed by atoms with E-state index in [1.165, 1.54) is 32.1 Å². The third-order valence-electron chi connectivity index (χ3n) is 7.19. The summed E-state index contributed by atoms with van der Waals surface area (Å²) in [6, 6.07) is -0.156. The molecule has 4 aliphatic carbocycles. The Bertz CT molecular complexity index is 678. The van der Waals surface area contributed by atoms with E-state index < -0.39 is 0 Å². The van der Waals surface area contributed by atoms with Crippen molar-refractivity contribution in [3.8, 4) is 0 Å². The maximum atomic E-state index is 12.6. The fraction of sp³-hybridized carbons (Fsp3) is 0.850. The van der Waals surface area contributed by atoms with Gasteiger partial charge in [-0.15, -0.1) is 0 Å². The third-order valence-corrected chi connectivity index (χ3v) is 7.19. The van der Waals surface area contributed by atoms with E-state index in [0.29, 0.717) is 36.7 Å². The van der Waals surface area contributed by atoms with Gasteiger partial charge in [0.2, 0.25) is 5.89 Å². The molecule has 4 fully saturated rings. The van der Waals surface area contributed by atoms with Crippen LogP contribution < -0.4 is 11.1 Å². The van der Waals surface area contributed by atoms with E-state index >= 15 is 0 Å². The minimum Gasteiger partial charge on any atom is -0.371 e. The maximum Gasteiger partial charge on any atom is 0.317 e. The molecule has 5 rings (SSSR count). The Morgan fingerprint density at radius 3 is 2.57 bits per heavy atom. The van der Waals surface area contributed by atoms with Crippen molar-refractivity contribution >= 4 is 6.03 Å². The van der Waals surface area contributed by atoms with Crippen LogP contribution in [0.3, 0.4) is 0 Å². The van der Waals surface area contributed by atoms with Gasteiger partial charge in [0.25, 0.3) is 0 Å². The number of hydrogen-bond acceptors (Lipinski definition) is 6. The molecule has 2 amide bonds. The number of urea groups is 1. The standard InChI is InChI=1S/C20H33N5O3/c1-4-27-12(2)18-23-17(28-24-18)10-25(3)19(26)22-11-20(21)15-6-13-5-14(8-15)9-16(20)7-13/h12-16H,4-11,21H2,1-3H3,(H,22,26). The Labute approximate surface area is 166 Å². The molecule has 4 bridgehead atoms. The zero-order chi connectivity index (χ0) is 19.9. The second kappa shape index (κ2) is 7.63. The number of nitrogens with two attached hydrogens (primary N) is 1. The van der Waals surface area contributed by atoms with Gasteiger partial charge >= 0.3 is 6.03 Å². The molecule has 3 N–H and O–H groups in total. The number of carbonyl (C=O) groups is 1. The first kappa shape index (κ1) is 19.6. The Morgan fingerprint density at radius 2 is 1.96 bits per heavy atom. The first-order valence-corrected chi connectivity index (χ1v) is 10.6. The molecule has 1 heterocycles. The van der Waals surface area contributed by atoms with Gasteiger partial charge in [-0.05, 0) is 69.6 Å². The van der Waals surface area contributed by atoms with Crippen LogP contribution in [0.25, 0.3) is 0 Å². The average Bonchev–Trinajstić information content (AvgIpc) is 3.12. The van der Waals surface area contributed by atoms with Gasteiger partial charge in [-0.1, -0.05) is 5.16 Å². The van der Waals surface area contributed by atoms with Gasteiger partial charge in [0, 0.05) is 25.7 Å². The summed E-state index contributed by atoms with van der Waals surface area (Å²) >= 11 is 0. The molecule has 0 aliphatic heterocycles. The van der Waals surface area contributed by atoms with Crippen LogP contribution in [0.15, 0.2) is 4.52 Å². The van der Waals surface area contributed by atoms with Gasteiger partial charge in [0.15, 0.2) is 5.82 Å². The van der Waals surface area contributed by atoms with Crippen molar-refractivity contribution in [3.63, 3.8) is 0 Å². The number of nitrogens with one attached hydrogen (secondary N) is 1. The smallest absolute Gasteiger partial charge is 0.317 e. The highest BCUT2D eigenvalue weighted by Crippen LogP contribution is 2.57. The summed E-state index contributed by atoms with van der Waals surface area (Å²) in [5.74, 6) is 3.73. The second-order valence-electron chi connectivity index (χ2n) is 9.08. The lowest BCUT2D eigenvalue weighted by molar-refractivity contribution is -0.0532. The largest absolute Gasteiger partial charge is 0.371 e. The minimum atomic E-state index is -0.255. The van der Waals surface area contributed by atoms with Crippen LogP contribution in [0.1, 0.15) is 63.8 Å². The molecule has 1 unspecified atom stereocenters. The monoisotopic (exact) mass is 391 g/mol. The SMILES string of the molecule is CCOC(C)c1noc(CN(C)C(=O)NCC2(N)C3CC4CC(C3)CC2C4)n1. The molecule has 0 saturated heterocycles. The van der Waals surface area contributed by atoms with Crippen LogP contribution in [0.4, 0.5) is 4.79 Å². The number of rotatable bonds is 7. The maximum absolute atomic E-state index is 12.6. The Morgan fingerprint density at radius 1 is 1.32 bits per heavy atom. The number of ether oxygens (including phenoxy) is 1. The third kappa shape index (κ3) is 3.64. The topological polar surface area (TPSA) is 107 Å². The first-order valence-electron chi connectivity index (χ1n) is 10.6. The highest BCUT2D eigenvalue weighted by atomic mass is 16.5. The number of hydrogen-bond donors (Lipinski definition) is 2. The van der Waals surface area contributed by atoms with E-state index in [-0.39, 0.29) is 24.2 Å². The molecule has 0 radical (unpaired) electrons. The fourth-order valence-corrected chi connectivity index (χ4v) is 5.81. The van der Waals surface area contributed by atoms with Crippen LogP contribution >= 0.6 is 0 Å². The Balaban J connectivity index is 1.30. The van der Waals surface area contributed by atoms with Crippen molar-refractivity contribution in [3.05, 3.63) is 11.7 Å². The van der Waals surface area contributed by atoms with Crippen LogP contribution in [0, 0.1) is 23.7 Å². The lowest BCUT2D eigenvalue weighted by Crippen LogP contribution is -2.67. The summed E-state index contributed by atoms with van der Waals surface area (Å²) < 4.78 is 10.7. The molecule has 8 heteroatoms. The van der Waals surface area contributed by atoms with Gasteiger partial charge in [0.05, 0.1) is 0 Å². The van der Waals surface area contributed by atoms with Crippen molar-refractivity contribution < 1.29 is 14.1 Å². The number of carbonyl (C=O) groups excluding carboxylic acids is 1. The Kier molecular flexibility index (Phi) is 5.35. The normalized spacial score (nSPS) is 34.4. The van der Waals surface area contributed by atoms with E-state index in [1.54, 1.807) is 11.9 Å². The summed E-state index contributed by atoms with van der Waals surface area (Å²) in [4.78, 5) is 18.5. The molecule has 4 aliphatic rings. The van der Waals surface area contributed by atoms with Crippen molar-refractivity contribution in [1.82, 2.24) is 20.4 Å². The molecule has 156 valence electrons. The lowest BCUT2D eigenvalue weighted by atomic mass is 9.49. The highest BCUT2D eigenvalue weighted by Gasteiger charge is 2.55. The molecule has 28 heavy (non-hydrogen) atoms. The fourth-order valence-electron chi connectivity index (χ4n) is 5.81. The van der Waals surface area contributed by atoms with Crippen LogP contribution in [0.2, 0.25) is 0 Å². The van der Waals surface area contributed by atoms with Gasteiger partial charge in [-0.3, -0.25) is 0 Å². The van der Waals surface area contributed by atoms with Crippen LogP contribution in [0.5, 0.6) is 0 Å². The molecule has 8 nitrogen and oxygen atoms in total. The van der Waals surface area contributed by atoms with E-state index in [2.05, 4.69) is 15.5 Å². The molecule has 0 aromatic carbocycles.